The monoisotopic (exact) mass is 339 g/mol. The molecule has 0 saturated heterocycles. The molecule has 0 aromatic heterocycles. The van der Waals surface area contributed by atoms with Crippen molar-refractivity contribution in [3.05, 3.63) is 40.3 Å². The van der Waals surface area contributed by atoms with E-state index in [0.29, 0.717) is 5.69 Å². The molecule has 0 bridgehead atoms. The van der Waals surface area contributed by atoms with Crippen molar-refractivity contribution in [1.82, 2.24) is 0 Å². The van der Waals surface area contributed by atoms with E-state index in [1.807, 2.05) is 0 Å². The molecule has 0 unspecified atom stereocenters. The maximum atomic E-state index is 12.1. The molecular formula is C11H12Cl2NO5P. The second-order valence-electron chi connectivity index (χ2n) is 3.31. The van der Waals surface area contributed by atoms with Gasteiger partial charge in [-0.1, -0.05) is 41.4 Å². The fraction of sp³-hybridized carbons (Fsp3) is 0.182. The zero-order valence-electron chi connectivity index (χ0n) is 10.6. The lowest BCUT2D eigenvalue weighted by Crippen LogP contribution is -2.14. The number of carbonyl (C=O) groups excluding carboxylic acids is 1. The van der Waals surface area contributed by atoms with E-state index in [1.165, 1.54) is 0 Å². The fourth-order valence-corrected chi connectivity index (χ4v) is 2.77. The number of hydrogen-bond acceptors (Lipinski definition) is 5. The van der Waals surface area contributed by atoms with Gasteiger partial charge < -0.3 is 13.8 Å². The highest BCUT2D eigenvalue weighted by Crippen LogP contribution is 2.57. The molecule has 1 amide bonds. The number of ether oxygens (including phenoxy) is 1. The van der Waals surface area contributed by atoms with Crippen LogP contribution in [0.2, 0.25) is 0 Å². The molecule has 0 heterocycles. The van der Waals surface area contributed by atoms with Gasteiger partial charge in [0.2, 0.25) is 0 Å². The lowest BCUT2D eigenvalue weighted by molar-refractivity contribution is 0.187. The van der Waals surface area contributed by atoms with E-state index < -0.39 is 23.7 Å². The van der Waals surface area contributed by atoms with Gasteiger partial charge in [-0.15, -0.1) is 0 Å². The van der Waals surface area contributed by atoms with E-state index in [-0.39, 0.29) is 0 Å². The Hall–Kier alpha value is -1.04. The van der Waals surface area contributed by atoms with Crippen LogP contribution in [0.1, 0.15) is 0 Å². The molecule has 0 radical (unpaired) electrons. The molecule has 0 fully saturated rings. The van der Waals surface area contributed by atoms with Crippen molar-refractivity contribution in [2.45, 2.75) is 0 Å². The van der Waals surface area contributed by atoms with Crippen molar-refractivity contribution in [3.63, 3.8) is 0 Å². The maximum absolute atomic E-state index is 12.1. The standard InChI is InChI=1S/C11H12Cl2NO5P/c1-17-20(16,18-2)10(9(12)13)19-11(15)14-8-6-4-3-5-7-8/h3-7H,1-2H3,(H,14,15). The van der Waals surface area contributed by atoms with E-state index in [1.54, 1.807) is 30.3 Å². The van der Waals surface area contributed by atoms with Crippen LogP contribution in [-0.2, 0) is 18.3 Å². The minimum Gasteiger partial charge on any atom is -0.399 e. The van der Waals surface area contributed by atoms with Crippen molar-refractivity contribution < 1.29 is 23.1 Å². The summed E-state index contributed by atoms with van der Waals surface area (Å²) >= 11 is 11.1. The Kier molecular flexibility index (Phi) is 6.52. The highest BCUT2D eigenvalue weighted by atomic mass is 35.5. The Balaban J connectivity index is 2.86. The van der Waals surface area contributed by atoms with Gasteiger partial charge in [0.25, 0.3) is 5.50 Å². The second-order valence-corrected chi connectivity index (χ2v) is 6.39. The van der Waals surface area contributed by atoms with Crippen LogP contribution in [-0.4, -0.2) is 20.3 Å². The zero-order valence-corrected chi connectivity index (χ0v) is 13.0. The molecule has 9 heteroatoms. The predicted octanol–water partition coefficient (Wildman–Crippen LogP) is 4.33. The second kappa shape index (κ2) is 7.67. The lowest BCUT2D eigenvalue weighted by Gasteiger charge is -2.17. The Morgan fingerprint density at radius 3 is 2.15 bits per heavy atom. The molecule has 1 rings (SSSR count). The highest BCUT2D eigenvalue weighted by Gasteiger charge is 2.34. The third kappa shape index (κ3) is 4.51. The number of carbonyl (C=O) groups is 1. The molecule has 0 atom stereocenters. The van der Waals surface area contributed by atoms with Gasteiger partial charge in [-0.05, 0) is 12.1 Å². The van der Waals surface area contributed by atoms with Crippen LogP contribution >= 0.6 is 30.8 Å². The number of hydrogen-bond donors (Lipinski definition) is 1. The van der Waals surface area contributed by atoms with Gasteiger partial charge in [0, 0.05) is 19.9 Å². The van der Waals surface area contributed by atoms with Gasteiger partial charge in [0.1, 0.15) is 0 Å². The minimum absolute atomic E-state index is 0.479. The summed E-state index contributed by atoms with van der Waals surface area (Å²) in [6, 6.07) is 8.49. The summed E-state index contributed by atoms with van der Waals surface area (Å²) in [5.74, 6) is 0. The Morgan fingerprint density at radius 2 is 1.70 bits per heavy atom. The van der Waals surface area contributed by atoms with Crippen LogP contribution in [0.25, 0.3) is 0 Å². The first-order valence-corrected chi connectivity index (χ1v) is 7.54. The number of benzene rings is 1. The topological polar surface area (TPSA) is 73.9 Å². The molecule has 1 N–H and O–H groups in total. The van der Waals surface area contributed by atoms with E-state index in [0.717, 1.165) is 14.2 Å². The third-order valence-corrected chi connectivity index (χ3v) is 4.48. The summed E-state index contributed by atoms with van der Waals surface area (Å²) in [6.45, 7) is 0. The summed E-state index contributed by atoms with van der Waals surface area (Å²) < 4.78 is 25.7. The number of anilines is 1. The Morgan fingerprint density at radius 1 is 1.15 bits per heavy atom. The van der Waals surface area contributed by atoms with E-state index in [4.69, 9.17) is 27.9 Å². The Bertz CT molecular complexity index is 537. The van der Waals surface area contributed by atoms with Crippen LogP contribution in [0.3, 0.4) is 0 Å². The summed E-state index contributed by atoms with van der Waals surface area (Å²) in [7, 11) is -1.65. The molecule has 0 aliphatic heterocycles. The molecular weight excluding hydrogens is 328 g/mol. The van der Waals surface area contributed by atoms with Gasteiger partial charge >= 0.3 is 13.7 Å². The normalized spacial score (nSPS) is 10.8. The van der Waals surface area contributed by atoms with E-state index >= 15 is 0 Å². The number of nitrogens with one attached hydrogen (secondary N) is 1. The largest absolute Gasteiger partial charge is 0.417 e. The molecule has 0 saturated carbocycles. The van der Waals surface area contributed by atoms with Gasteiger partial charge in [-0.2, -0.15) is 0 Å². The SMILES string of the molecule is COP(=O)(OC)C(OC(=O)Nc1ccccc1)=C(Cl)Cl. The van der Waals surface area contributed by atoms with E-state index in [2.05, 4.69) is 14.4 Å². The van der Waals surface area contributed by atoms with Crippen molar-refractivity contribution in [2.75, 3.05) is 19.5 Å². The first kappa shape index (κ1) is 17.0. The average molecular weight is 340 g/mol. The molecule has 20 heavy (non-hydrogen) atoms. The van der Waals surface area contributed by atoms with Crippen LogP contribution in [0.15, 0.2) is 40.3 Å². The first-order chi connectivity index (χ1) is 9.42. The molecule has 0 aliphatic carbocycles. The number of para-hydroxylation sites is 1. The van der Waals surface area contributed by atoms with Crippen molar-refractivity contribution >= 4 is 42.6 Å². The van der Waals surface area contributed by atoms with Gasteiger partial charge in [-0.3, -0.25) is 9.88 Å². The molecule has 6 nitrogen and oxygen atoms in total. The summed E-state index contributed by atoms with van der Waals surface area (Å²) in [5.41, 5.74) is -0.105. The third-order valence-electron chi connectivity index (χ3n) is 2.10. The summed E-state index contributed by atoms with van der Waals surface area (Å²) in [6.07, 6.45) is -0.931. The number of amides is 1. The molecule has 110 valence electrons. The van der Waals surface area contributed by atoms with Gasteiger partial charge in [-0.25, -0.2) is 4.79 Å². The van der Waals surface area contributed by atoms with Gasteiger partial charge in [0.05, 0.1) is 0 Å². The van der Waals surface area contributed by atoms with Crippen molar-refractivity contribution in [1.29, 1.82) is 0 Å². The Labute approximate surface area is 126 Å². The smallest absolute Gasteiger partial charge is 0.399 e. The van der Waals surface area contributed by atoms with Gasteiger partial charge in [0.15, 0.2) is 4.49 Å². The highest BCUT2D eigenvalue weighted by molar-refractivity contribution is 7.58. The lowest BCUT2D eigenvalue weighted by atomic mass is 10.3. The van der Waals surface area contributed by atoms with Crippen LogP contribution < -0.4 is 5.32 Å². The molecule has 1 aromatic rings. The summed E-state index contributed by atoms with van der Waals surface area (Å²) in [5, 5.41) is 2.40. The molecule has 1 aromatic carbocycles. The molecule has 0 spiro atoms. The average Bonchev–Trinajstić information content (AvgIpc) is 2.44. The van der Waals surface area contributed by atoms with Crippen LogP contribution in [0.4, 0.5) is 10.5 Å². The van der Waals surface area contributed by atoms with Crippen molar-refractivity contribution in [2.24, 2.45) is 0 Å². The maximum Gasteiger partial charge on any atom is 0.417 e. The zero-order chi connectivity index (χ0) is 15.2. The minimum atomic E-state index is -3.87. The summed E-state index contributed by atoms with van der Waals surface area (Å²) in [4.78, 5) is 11.7. The van der Waals surface area contributed by atoms with Crippen LogP contribution in [0.5, 0.6) is 0 Å². The first-order valence-electron chi connectivity index (χ1n) is 5.24. The predicted molar refractivity (Wildman–Crippen MR) is 76.9 cm³/mol. The molecule has 0 aliphatic rings. The number of halogens is 2. The van der Waals surface area contributed by atoms with E-state index in [9.17, 15) is 9.36 Å². The number of rotatable bonds is 5. The van der Waals surface area contributed by atoms with Crippen LogP contribution in [0, 0.1) is 0 Å². The van der Waals surface area contributed by atoms with Crippen molar-refractivity contribution in [3.8, 4) is 0 Å². The quantitative estimate of drug-likeness (QED) is 0.638. The fourth-order valence-electron chi connectivity index (χ4n) is 1.19.